The topological polar surface area (TPSA) is 67.9 Å². The molecule has 0 unspecified atom stereocenters. The van der Waals surface area contributed by atoms with Crippen LogP contribution in [0.3, 0.4) is 0 Å². The Balaban J connectivity index is 1.66. The zero-order chi connectivity index (χ0) is 20.9. The van der Waals surface area contributed by atoms with Crippen LogP contribution in [0.4, 0.5) is 4.39 Å². The van der Waals surface area contributed by atoms with Crippen molar-refractivity contribution in [2.45, 2.75) is 50.5 Å². The Hall–Kier alpha value is -2.15. The molecule has 0 spiro atoms. The van der Waals surface area contributed by atoms with Gasteiger partial charge in [0.1, 0.15) is 11.6 Å². The van der Waals surface area contributed by atoms with Crippen molar-refractivity contribution < 1.29 is 23.5 Å². The van der Waals surface area contributed by atoms with Crippen LogP contribution < -0.4 is 10.1 Å². The summed E-state index contributed by atoms with van der Waals surface area (Å²) < 4.78 is 24.8. The van der Waals surface area contributed by atoms with E-state index in [4.69, 9.17) is 9.47 Å². The second-order valence-electron chi connectivity index (χ2n) is 8.27. The second-order valence-corrected chi connectivity index (χ2v) is 8.27. The fourth-order valence-electron chi connectivity index (χ4n) is 4.53. The number of piperidine rings is 1. The first kappa shape index (κ1) is 21.6. The molecule has 1 N–H and O–H groups in total. The SMILES string of the molecule is COC[C@@H]1CCCN(C(=O)CC[C@]2(Cc3cc(OC)ccc3F)CCC(=O)N2)C1. The number of nitrogens with one attached hydrogen (secondary N) is 1. The van der Waals surface area contributed by atoms with E-state index < -0.39 is 5.54 Å². The van der Waals surface area contributed by atoms with Gasteiger partial charge in [-0.1, -0.05) is 0 Å². The monoisotopic (exact) mass is 406 g/mol. The highest BCUT2D eigenvalue weighted by Crippen LogP contribution is 2.32. The molecular formula is C22H31FN2O4. The maximum atomic E-state index is 14.4. The van der Waals surface area contributed by atoms with Crippen molar-refractivity contribution in [1.29, 1.82) is 0 Å². The summed E-state index contributed by atoms with van der Waals surface area (Å²) >= 11 is 0. The van der Waals surface area contributed by atoms with Crippen molar-refractivity contribution >= 4 is 11.8 Å². The average molecular weight is 406 g/mol. The summed E-state index contributed by atoms with van der Waals surface area (Å²) in [6.45, 7) is 2.15. The number of amides is 2. The van der Waals surface area contributed by atoms with Crippen LogP contribution in [0.15, 0.2) is 18.2 Å². The molecule has 0 aliphatic carbocycles. The van der Waals surface area contributed by atoms with Gasteiger partial charge in [-0.3, -0.25) is 9.59 Å². The van der Waals surface area contributed by atoms with Crippen molar-refractivity contribution in [3.8, 4) is 5.75 Å². The highest BCUT2D eigenvalue weighted by Gasteiger charge is 2.39. The lowest BCUT2D eigenvalue weighted by Gasteiger charge is -2.34. The maximum Gasteiger partial charge on any atom is 0.222 e. The van der Waals surface area contributed by atoms with Crippen molar-refractivity contribution in [3.63, 3.8) is 0 Å². The zero-order valence-electron chi connectivity index (χ0n) is 17.3. The summed E-state index contributed by atoms with van der Waals surface area (Å²) in [6, 6.07) is 4.63. The Morgan fingerprint density at radius 1 is 1.38 bits per heavy atom. The number of ether oxygens (including phenoxy) is 2. The van der Waals surface area contributed by atoms with Crippen LogP contribution in [0, 0.1) is 11.7 Å². The van der Waals surface area contributed by atoms with E-state index in [0.29, 0.717) is 55.9 Å². The third-order valence-corrected chi connectivity index (χ3v) is 6.11. The van der Waals surface area contributed by atoms with Gasteiger partial charge in [-0.2, -0.15) is 0 Å². The van der Waals surface area contributed by atoms with E-state index in [-0.39, 0.29) is 17.6 Å². The molecule has 3 rings (SSSR count). The molecule has 0 bridgehead atoms. The average Bonchev–Trinajstić information content (AvgIpc) is 3.09. The number of hydrogen-bond donors (Lipinski definition) is 1. The first-order valence-electron chi connectivity index (χ1n) is 10.3. The van der Waals surface area contributed by atoms with Crippen molar-refractivity contribution in [3.05, 3.63) is 29.6 Å². The number of nitrogens with zero attached hydrogens (tertiary/aromatic N) is 1. The molecule has 2 atom stereocenters. The first-order chi connectivity index (χ1) is 13.9. The van der Waals surface area contributed by atoms with Gasteiger partial charge in [0.2, 0.25) is 11.8 Å². The van der Waals surface area contributed by atoms with E-state index in [9.17, 15) is 14.0 Å². The normalized spacial score (nSPS) is 24.4. The Bertz CT molecular complexity index is 740. The highest BCUT2D eigenvalue weighted by molar-refractivity contribution is 5.80. The van der Waals surface area contributed by atoms with Crippen LogP contribution in [-0.4, -0.2) is 56.2 Å². The lowest BCUT2D eigenvalue weighted by molar-refractivity contribution is -0.134. The van der Waals surface area contributed by atoms with E-state index in [0.717, 1.165) is 25.9 Å². The lowest BCUT2D eigenvalue weighted by Crippen LogP contribution is -2.46. The van der Waals surface area contributed by atoms with Gasteiger partial charge >= 0.3 is 0 Å². The zero-order valence-corrected chi connectivity index (χ0v) is 17.3. The van der Waals surface area contributed by atoms with Gasteiger partial charge in [0.15, 0.2) is 0 Å². The molecule has 0 aromatic heterocycles. The minimum Gasteiger partial charge on any atom is -0.497 e. The standard InChI is InChI=1S/C22H31FN2O4/c1-28-15-16-4-3-11-25(14-16)21(27)8-10-22(9-7-20(26)24-22)13-17-12-18(29-2)5-6-19(17)23/h5-6,12,16H,3-4,7-11,13-15H2,1-2H3,(H,24,26)/t16-,22+/m1/s1. The number of halogens is 1. The summed E-state index contributed by atoms with van der Waals surface area (Å²) in [7, 11) is 3.23. The van der Waals surface area contributed by atoms with Crippen molar-refractivity contribution in [2.75, 3.05) is 33.9 Å². The number of rotatable bonds is 8. The largest absolute Gasteiger partial charge is 0.497 e. The van der Waals surface area contributed by atoms with Gasteiger partial charge in [-0.05, 0) is 61.8 Å². The smallest absolute Gasteiger partial charge is 0.222 e. The van der Waals surface area contributed by atoms with Crippen molar-refractivity contribution in [2.24, 2.45) is 5.92 Å². The molecular weight excluding hydrogens is 375 g/mol. The number of carbonyl (C=O) groups excluding carboxylic acids is 2. The Morgan fingerprint density at radius 3 is 2.90 bits per heavy atom. The van der Waals surface area contributed by atoms with Crippen molar-refractivity contribution in [1.82, 2.24) is 10.2 Å². The third kappa shape index (κ3) is 5.47. The second kappa shape index (κ2) is 9.57. The third-order valence-electron chi connectivity index (χ3n) is 6.11. The lowest BCUT2D eigenvalue weighted by atomic mass is 9.84. The molecule has 2 aliphatic rings. The highest BCUT2D eigenvalue weighted by atomic mass is 19.1. The predicted octanol–water partition coefficient (Wildman–Crippen LogP) is 2.69. The molecule has 160 valence electrons. The summed E-state index contributed by atoms with van der Waals surface area (Å²) in [4.78, 5) is 26.7. The van der Waals surface area contributed by atoms with Gasteiger partial charge in [0.25, 0.3) is 0 Å². The number of hydrogen-bond acceptors (Lipinski definition) is 4. The minimum absolute atomic E-state index is 0.0427. The van der Waals surface area contributed by atoms with Gasteiger partial charge < -0.3 is 19.7 Å². The molecule has 6 nitrogen and oxygen atoms in total. The molecule has 2 aliphatic heterocycles. The van der Waals surface area contributed by atoms with Gasteiger partial charge in [0, 0.05) is 38.6 Å². The molecule has 2 heterocycles. The fourth-order valence-corrected chi connectivity index (χ4v) is 4.53. The minimum atomic E-state index is -0.596. The van der Waals surface area contributed by atoms with E-state index in [1.54, 1.807) is 19.2 Å². The summed E-state index contributed by atoms with van der Waals surface area (Å²) in [6.07, 6.45) is 4.25. The Morgan fingerprint density at radius 2 is 2.21 bits per heavy atom. The van der Waals surface area contributed by atoms with E-state index in [1.165, 1.54) is 13.2 Å². The summed E-state index contributed by atoms with van der Waals surface area (Å²) in [5.74, 6) is 0.686. The quantitative estimate of drug-likeness (QED) is 0.721. The Kier molecular flexibility index (Phi) is 7.11. The Labute approximate surface area is 171 Å². The van der Waals surface area contributed by atoms with Crippen LogP contribution in [0.5, 0.6) is 5.75 Å². The summed E-state index contributed by atoms with van der Waals surface area (Å²) in [5.41, 5.74) is -0.0982. The van der Waals surface area contributed by atoms with Gasteiger partial charge in [-0.15, -0.1) is 0 Å². The molecule has 2 fully saturated rings. The molecule has 7 heteroatoms. The fraction of sp³-hybridized carbons (Fsp3) is 0.636. The molecule has 29 heavy (non-hydrogen) atoms. The molecule has 1 aromatic carbocycles. The molecule has 0 saturated carbocycles. The maximum absolute atomic E-state index is 14.4. The van der Waals surface area contributed by atoms with Crippen LogP contribution >= 0.6 is 0 Å². The van der Waals surface area contributed by atoms with Crippen LogP contribution in [-0.2, 0) is 20.7 Å². The number of carbonyl (C=O) groups is 2. The molecule has 0 radical (unpaired) electrons. The molecule has 2 saturated heterocycles. The van der Waals surface area contributed by atoms with E-state index in [1.807, 2.05) is 4.90 Å². The van der Waals surface area contributed by atoms with E-state index in [2.05, 4.69) is 5.32 Å². The number of methoxy groups -OCH3 is 2. The van der Waals surface area contributed by atoms with Gasteiger partial charge in [-0.25, -0.2) is 4.39 Å². The summed E-state index contributed by atoms with van der Waals surface area (Å²) in [5, 5.41) is 3.03. The van der Waals surface area contributed by atoms with Crippen LogP contribution in [0.1, 0.15) is 44.1 Å². The van der Waals surface area contributed by atoms with Crippen LogP contribution in [0.25, 0.3) is 0 Å². The molecule has 1 aromatic rings. The predicted molar refractivity (Wildman–Crippen MR) is 107 cm³/mol. The van der Waals surface area contributed by atoms with E-state index >= 15 is 0 Å². The van der Waals surface area contributed by atoms with Crippen LogP contribution in [0.2, 0.25) is 0 Å². The molecule has 2 amide bonds. The number of likely N-dealkylation sites (tertiary alicyclic amines) is 1. The first-order valence-corrected chi connectivity index (χ1v) is 10.3. The van der Waals surface area contributed by atoms with Gasteiger partial charge in [0.05, 0.1) is 13.7 Å². The number of benzene rings is 1.